The first-order valence-electron chi connectivity index (χ1n) is 13.4. The van der Waals surface area contributed by atoms with Crippen molar-refractivity contribution in [3.63, 3.8) is 0 Å². The van der Waals surface area contributed by atoms with Crippen LogP contribution in [0.25, 0.3) is 0 Å². The summed E-state index contributed by atoms with van der Waals surface area (Å²) < 4.78 is 13.3. The van der Waals surface area contributed by atoms with Gasteiger partial charge in [-0.25, -0.2) is 14.2 Å². The zero-order valence-corrected chi connectivity index (χ0v) is 23.2. The highest BCUT2D eigenvalue weighted by Gasteiger charge is 2.28. The molecule has 0 radical (unpaired) electrons. The van der Waals surface area contributed by atoms with Crippen LogP contribution in [-0.2, 0) is 16.1 Å². The Morgan fingerprint density at radius 3 is 2.41 bits per heavy atom. The Morgan fingerprint density at radius 2 is 1.77 bits per heavy atom. The number of carbonyl (C=O) groups excluding carboxylic acids is 1. The zero-order chi connectivity index (χ0) is 28.1. The number of carbonyl (C=O) groups is 1. The summed E-state index contributed by atoms with van der Waals surface area (Å²) in [6.45, 7) is 7.87. The third-order valence-electron chi connectivity index (χ3n) is 7.59. The number of methoxy groups -OCH3 is 1. The van der Waals surface area contributed by atoms with Gasteiger partial charge in [0, 0.05) is 30.2 Å². The van der Waals surface area contributed by atoms with Gasteiger partial charge in [0.15, 0.2) is 0 Å². The molecule has 39 heavy (non-hydrogen) atoms. The summed E-state index contributed by atoms with van der Waals surface area (Å²) in [6.07, 6.45) is 5.89. The van der Waals surface area contributed by atoms with Gasteiger partial charge in [-0.05, 0) is 75.8 Å². The van der Waals surface area contributed by atoms with E-state index < -0.39 is 29.3 Å². The molecule has 1 N–H and O–H groups in total. The fourth-order valence-electron chi connectivity index (χ4n) is 4.95. The van der Waals surface area contributed by atoms with Crippen LogP contribution in [0.5, 0.6) is 11.5 Å². The van der Waals surface area contributed by atoms with Crippen LogP contribution in [0.2, 0.25) is 0 Å². The van der Waals surface area contributed by atoms with Gasteiger partial charge < -0.3 is 14.8 Å². The molecule has 1 aliphatic carbocycles. The third kappa shape index (κ3) is 6.74. The van der Waals surface area contributed by atoms with Gasteiger partial charge in [-0.1, -0.05) is 19.8 Å². The van der Waals surface area contributed by atoms with Crippen molar-refractivity contribution in [3.8, 4) is 11.5 Å². The minimum absolute atomic E-state index is 0.177. The molecule has 4 rings (SSSR count). The summed E-state index contributed by atoms with van der Waals surface area (Å²) in [6, 6.07) is 10.1. The minimum atomic E-state index is -0.718. The first kappa shape index (κ1) is 28.1. The van der Waals surface area contributed by atoms with Crippen molar-refractivity contribution >= 4 is 17.6 Å². The van der Waals surface area contributed by atoms with Crippen LogP contribution >= 0.6 is 0 Å². The summed E-state index contributed by atoms with van der Waals surface area (Å²) in [7, 11) is 1.29. The van der Waals surface area contributed by atoms with Gasteiger partial charge in [-0.2, -0.15) is 4.98 Å². The molecule has 0 bridgehead atoms. The molecular formula is C29H37N5O5. The lowest BCUT2D eigenvalue weighted by Gasteiger charge is -2.28. The molecule has 0 spiro atoms. The molecule has 1 saturated carbocycles. The van der Waals surface area contributed by atoms with Crippen LogP contribution < -0.4 is 21.4 Å². The summed E-state index contributed by atoms with van der Waals surface area (Å²) >= 11 is 0. The summed E-state index contributed by atoms with van der Waals surface area (Å²) in [5.74, 6) is 1.26. The van der Waals surface area contributed by atoms with Gasteiger partial charge in [0.2, 0.25) is 5.95 Å². The number of aryl methyl sites for hydroxylation is 1. The predicted octanol–water partition coefficient (Wildman–Crippen LogP) is 4.84. The molecular weight excluding hydrogens is 498 g/mol. The molecule has 2 aromatic heterocycles. The van der Waals surface area contributed by atoms with E-state index in [1.807, 2.05) is 13.0 Å². The van der Waals surface area contributed by atoms with Crippen LogP contribution in [0.15, 0.2) is 52.2 Å². The van der Waals surface area contributed by atoms with Gasteiger partial charge >= 0.3 is 17.3 Å². The van der Waals surface area contributed by atoms with Crippen LogP contribution in [0.1, 0.15) is 58.2 Å². The van der Waals surface area contributed by atoms with E-state index in [-0.39, 0.29) is 5.95 Å². The van der Waals surface area contributed by atoms with Crippen molar-refractivity contribution in [1.29, 1.82) is 0 Å². The molecule has 1 fully saturated rings. The number of esters is 1. The smallest absolute Gasteiger partial charge is 0.355 e. The first-order valence-corrected chi connectivity index (χ1v) is 13.4. The van der Waals surface area contributed by atoms with Gasteiger partial charge in [0.1, 0.15) is 11.5 Å². The number of hydrogen-bond donors (Lipinski definition) is 1. The molecule has 10 heteroatoms. The Kier molecular flexibility index (Phi) is 8.83. The standard InChI is InChI=1S/C29H37N5O5/c1-18-6-8-22(9-7-18)17-33-27(32-28(36)34(29(33)37)21(4)20(3)26(35)38-5)31-23-10-12-24(13-11-23)39-25-14-15-30-19(2)16-25/h10-16,18,20-22H,6-9,17H2,1-5H3,(H,31,32,36)/t18?,20-,21+,22?/m1/s1. The molecule has 2 atom stereocenters. The Hall–Kier alpha value is -3.95. The molecule has 0 aliphatic heterocycles. The molecule has 1 aromatic carbocycles. The normalized spacial score (nSPS) is 18.7. The van der Waals surface area contributed by atoms with Gasteiger partial charge in [-0.3, -0.25) is 14.3 Å². The lowest BCUT2D eigenvalue weighted by molar-refractivity contribution is -0.146. The van der Waals surface area contributed by atoms with Crippen LogP contribution in [0, 0.1) is 24.7 Å². The van der Waals surface area contributed by atoms with E-state index >= 15 is 0 Å². The topological polar surface area (TPSA) is 117 Å². The highest BCUT2D eigenvalue weighted by Crippen LogP contribution is 2.30. The van der Waals surface area contributed by atoms with Crippen LogP contribution in [0.3, 0.4) is 0 Å². The number of aromatic nitrogens is 4. The Labute approximate surface area is 228 Å². The maximum atomic E-state index is 13.7. The van der Waals surface area contributed by atoms with E-state index in [0.29, 0.717) is 35.6 Å². The zero-order valence-electron chi connectivity index (χ0n) is 23.2. The number of pyridine rings is 1. The van der Waals surface area contributed by atoms with Crippen molar-refractivity contribution in [2.75, 3.05) is 12.4 Å². The SMILES string of the molecule is COC(=O)[C@H](C)[C@H](C)n1c(=O)nc(Nc2ccc(Oc3ccnc(C)c3)cc2)n(CC2CCC(C)CC2)c1=O. The van der Waals surface area contributed by atoms with Gasteiger partial charge in [0.05, 0.1) is 19.1 Å². The molecule has 0 saturated heterocycles. The van der Waals surface area contributed by atoms with E-state index in [0.717, 1.165) is 35.9 Å². The van der Waals surface area contributed by atoms with E-state index in [2.05, 4.69) is 22.2 Å². The molecule has 10 nitrogen and oxygen atoms in total. The number of nitrogens with one attached hydrogen (secondary N) is 1. The van der Waals surface area contributed by atoms with Crippen molar-refractivity contribution < 1.29 is 14.3 Å². The van der Waals surface area contributed by atoms with Crippen LogP contribution in [-0.4, -0.2) is 32.2 Å². The Bertz CT molecular complexity index is 1410. The fraction of sp³-hybridized carbons (Fsp3) is 0.483. The lowest BCUT2D eigenvalue weighted by Crippen LogP contribution is -2.47. The van der Waals surface area contributed by atoms with Gasteiger partial charge in [0.25, 0.3) is 0 Å². The average Bonchev–Trinajstić information content (AvgIpc) is 2.92. The van der Waals surface area contributed by atoms with E-state index in [1.54, 1.807) is 50.4 Å². The molecule has 0 amide bonds. The minimum Gasteiger partial charge on any atom is -0.469 e. The quantitative estimate of drug-likeness (QED) is 0.387. The maximum Gasteiger partial charge on any atom is 0.355 e. The largest absolute Gasteiger partial charge is 0.469 e. The van der Waals surface area contributed by atoms with Crippen molar-refractivity contribution in [3.05, 3.63) is 69.3 Å². The van der Waals surface area contributed by atoms with E-state index in [4.69, 9.17) is 9.47 Å². The second kappa shape index (κ2) is 12.3. The lowest BCUT2D eigenvalue weighted by atomic mass is 9.83. The van der Waals surface area contributed by atoms with E-state index in [1.165, 1.54) is 11.7 Å². The van der Waals surface area contributed by atoms with Crippen molar-refractivity contribution in [2.45, 2.75) is 66.0 Å². The Morgan fingerprint density at radius 1 is 1.08 bits per heavy atom. The van der Waals surface area contributed by atoms with Crippen molar-refractivity contribution in [1.82, 2.24) is 19.1 Å². The summed E-state index contributed by atoms with van der Waals surface area (Å²) in [5, 5.41) is 3.16. The molecule has 3 aromatic rings. The Balaban J connectivity index is 1.64. The number of nitrogens with zero attached hydrogens (tertiary/aromatic N) is 4. The van der Waals surface area contributed by atoms with E-state index in [9.17, 15) is 14.4 Å². The number of ether oxygens (including phenoxy) is 2. The molecule has 2 heterocycles. The number of hydrogen-bond acceptors (Lipinski definition) is 8. The second-order valence-corrected chi connectivity index (χ2v) is 10.5. The highest BCUT2D eigenvalue weighted by molar-refractivity contribution is 5.72. The maximum absolute atomic E-state index is 13.7. The predicted molar refractivity (Wildman–Crippen MR) is 149 cm³/mol. The molecule has 0 unspecified atom stereocenters. The monoisotopic (exact) mass is 535 g/mol. The van der Waals surface area contributed by atoms with Gasteiger partial charge in [-0.15, -0.1) is 0 Å². The second-order valence-electron chi connectivity index (χ2n) is 10.5. The third-order valence-corrected chi connectivity index (χ3v) is 7.59. The highest BCUT2D eigenvalue weighted by atomic mass is 16.5. The summed E-state index contributed by atoms with van der Waals surface area (Å²) in [5.41, 5.74) is 0.297. The first-order chi connectivity index (χ1) is 18.7. The fourth-order valence-corrected chi connectivity index (χ4v) is 4.95. The number of rotatable bonds is 9. The molecule has 208 valence electrons. The van der Waals surface area contributed by atoms with Crippen molar-refractivity contribution in [2.24, 2.45) is 17.8 Å². The number of anilines is 2. The molecule has 1 aliphatic rings. The van der Waals surface area contributed by atoms with Crippen LogP contribution in [0.4, 0.5) is 11.6 Å². The summed E-state index contributed by atoms with van der Waals surface area (Å²) in [4.78, 5) is 47.4. The average molecular weight is 536 g/mol. The number of benzene rings is 1.